The van der Waals surface area contributed by atoms with Gasteiger partial charge in [0.2, 0.25) is 11.9 Å². The maximum absolute atomic E-state index is 13.3. The predicted octanol–water partition coefficient (Wildman–Crippen LogP) is 2.14. The zero-order chi connectivity index (χ0) is 21.4. The van der Waals surface area contributed by atoms with Crippen molar-refractivity contribution < 1.29 is 13.9 Å². The maximum atomic E-state index is 13.3. The van der Waals surface area contributed by atoms with Gasteiger partial charge in [-0.25, -0.2) is 9.37 Å². The highest BCUT2D eigenvalue weighted by Gasteiger charge is 2.53. The third kappa shape index (κ3) is 3.96. The highest BCUT2D eigenvalue weighted by atomic mass is 19.1. The number of piperazine rings is 1. The molecule has 0 radical (unpaired) electrons. The molecule has 2 aromatic rings. The number of ether oxygens (including phenoxy) is 1. The van der Waals surface area contributed by atoms with Crippen LogP contribution in [0.15, 0.2) is 30.3 Å². The SMILES string of the molecule is Cc1cc(N2CCOCC2)nc(N2CCN(C(=O)C3(c4ccc(F)cc4)CC3)CC2)n1. The first-order valence-electron chi connectivity index (χ1n) is 11.0. The van der Waals surface area contributed by atoms with Gasteiger partial charge in [0.1, 0.15) is 11.6 Å². The third-order valence-corrected chi connectivity index (χ3v) is 6.57. The lowest BCUT2D eigenvalue weighted by Gasteiger charge is -2.37. The number of hydrogen-bond acceptors (Lipinski definition) is 6. The van der Waals surface area contributed by atoms with Crippen LogP contribution < -0.4 is 9.80 Å². The summed E-state index contributed by atoms with van der Waals surface area (Å²) >= 11 is 0. The second-order valence-electron chi connectivity index (χ2n) is 8.64. The summed E-state index contributed by atoms with van der Waals surface area (Å²) < 4.78 is 18.8. The van der Waals surface area contributed by atoms with E-state index in [1.807, 2.05) is 17.9 Å². The Labute approximate surface area is 181 Å². The summed E-state index contributed by atoms with van der Waals surface area (Å²) in [4.78, 5) is 29.1. The number of amides is 1. The van der Waals surface area contributed by atoms with Crippen molar-refractivity contribution in [1.82, 2.24) is 14.9 Å². The summed E-state index contributed by atoms with van der Waals surface area (Å²) in [5, 5.41) is 0. The molecule has 164 valence electrons. The van der Waals surface area contributed by atoms with E-state index in [-0.39, 0.29) is 11.7 Å². The van der Waals surface area contributed by atoms with Gasteiger partial charge in [-0.3, -0.25) is 4.79 Å². The van der Waals surface area contributed by atoms with Gasteiger partial charge in [0.25, 0.3) is 0 Å². The fraction of sp³-hybridized carbons (Fsp3) is 0.522. The fourth-order valence-corrected chi connectivity index (χ4v) is 4.56. The summed E-state index contributed by atoms with van der Waals surface area (Å²) in [6, 6.07) is 8.42. The molecule has 0 bridgehead atoms. The molecule has 3 fully saturated rings. The fourth-order valence-electron chi connectivity index (χ4n) is 4.56. The van der Waals surface area contributed by atoms with Crippen molar-refractivity contribution >= 4 is 17.7 Å². The Hall–Kier alpha value is -2.74. The zero-order valence-electron chi connectivity index (χ0n) is 17.9. The van der Waals surface area contributed by atoms with E-state index < -0.39 is 5.41 Å². The summed E-state index contributed by atoms with van der Waals surface area (Å²) in [6.45, 7) is 7.80. The molecule has 3 aliphatic rings. The van der Waals surface area contributed by atoms with Crippen LogP contribution in [0.2, 0.25) is 0 Å². The highest BCUT2D eigenvalue weighted by Crippen LogP contribution is 2.49. The van der Waals surface area contributed by atoms with Crippen LogP contribution in [0, 0.1) is 12.7 Å². The van der Waals surface area contributed by atoms with Crippen molar-refractivity contribution in [3.05, 3.63) is 47.4 Å². The molecule has 2 saturated heterocycles. The highest BCUT2D eigenvalue weighted by molar-refractivity contribution is 5.91. The molecule has 0 spiro atoms. The van der Waals surface area contributed by atoms with Gasteiger partial charge in [0.15, 0.2) is 0 Å². The number of nitrogens with zero attached hydrogens (tertiary/aromatic N) is 5. The van der Waals surface area contributed by atoms with Crippen molar-refractivity contribution in [2.75, 3.05) is 62.3 Å². The standard InChI is InChI=1S/C23H28FN5O2/c1-17-16-20(27-12-14-31-15-13-27)26-22(25-17)29-10-8-28(9-11-29)21(30)23(6-7-23)18-2-4-19(24)5-3-18/h2-5,16H,6-15H2,1H3. The number of hydrogen-bond donors (Lipinski definition) is 0. The average molecular weight is 426 g/mol. The van der Waals surface area contributed by atoms with Gasteiger partial charge in [0.05, 0.1) is 18.6 Å². The molecule has 8 heteroatoms. The number of benzene rings is 1. The van der Waals surface area contributed by atoms with Gasteiger partial charge < -0.3 is 19.4 Å². The predicted molar refractivity (Wildman–Crippen MR) is 116 cm³/mol. The number of carbonyl (C=O) groups is 1. The Balaban J connectivity index is 1.26. The lowest BCUT2D eigenvalue weighted by molar-refractivity contribution is -0.134. The molecule has 7 nitrogen and oxygen atoms in total. The molecule has 0 atom stereocenters. The number of rotatable bonds is 4. The summed E-state index contributed by atoms with van der Waals surface area (Å²) in [5.41, 5.74) is 1.41. The molecule has 1 aliphatic carbocycles. The zero-order valence-corrected chi connectivity index (χ0v) is 17.9. The second kappa shape index (κ2) is 8.07. The summed E-state index contributed by atoms with van der Waals surface area (Å²) in [7, 11) is 0. The monoisotopic (exact) mass is 425 g/mol. The van der Waals surface area contributed by atoms with E-state index in [9.17, 15) is 9.18 Å². The number of carbonyl (C=O) groups excluding carboxylic acids is 1. The second-order valence-corrected chi connectivity index (χ2v) is 8.64. The van der Waals surface area contributed by atoms with Crippen LogP contribution in [0.1, 0.15) is 24.1 Å². The van der Waals surface area contributed by atoms with E-state index in [4.69, 9.17) is 9.72 Å². The van der Waals surface area contributed by atoms with E-state index >= 15 is 0 Å². The van der Waals surface area contributed by atoms with E-state index in [1.54, 1.807) is 12.1 Å². The van der Waals surface area contributed by atoms with Gasteiger partial charge in [-0.15, -0.1) is 0 Å². The van der Waals surface area contributed by atoms with Gasteiger partial charge >= 0.3 is 0 Å². The van der Waals surface area contributed by atoms with Gasteiger partial charge in [-0.1, -0.05) is 12.1 Å². The molecule has 1 saturated carbocycles. The van der Waals surface area contributed by atoms with E-state index in [0.717, 1.165) is 62.2 Å². The molecule has 1 aromatic heterocycles. The number of aromatic nitrogens is 2. The average Bonchev–Trinajstić information content (AvgIpc) is 3.61. The quantitative estimate of drug-likeness (QED) is 0.748. The molecule has 5 rings (SSSR count). The molecule has 0 unspecified atom stereocenters. The largest absolute Gasteiger partial charge is 0.378 e. The maximum Gasteiger partial charge on any atom is 0.233 e. The van der Waals surface area contributed by atoms with Crippen molar-refractivity contribution in [1.29, 1.82) is 0 Å². The molecule has 0 N–H and O–H groups in total. The minimum Gasteiger partial charge on any atom is -0.378 e. The number of halogens is 1. The van der Waals surface area contributed by atoms with Crippen molar-refractivity contribution in [2.45, 2.75) is 25.2 Å². The Morgan fingerprint density at radius 1 is 0.968 bits per heavy atom. The van der Waals surface area contributed by atoms with Crippen LogP contribution in [0.4, 0.5) is 16.2 Å². The first-order valence-corrected chi connectivity index (χ1v) is 11.0. The summed E-state index contributed by atoms with van der Waals surface area (Å²) in [6.07, 6.45) is 1.67. The van der Waals surface area contributed by atoms with Crippen molar-refractivity contribution in [2.24, 2.45) is 0 Å². The smallest absolute Gasteiger partial charge is 0.233 e. The van der Waals surface area contributed by atoms with Crippen LogP contribution in [-0.2, 0) is 14.9 Å². The number of anilines is 2. The third-order valence-electron chi connectivity index (χ3n) is 6.57. The molecule has 1 amide bonds. The van der Waals surface area contributed by atoms with Crippen LogP contribution >= 0.6 is 0 Å². The van der Waals surface area contributed by atoms with Crippen LogP contribution in [-0.4, -0.2) is 73.3 Å². The summed E-state index contributed by atoms with van der Waals surface area (Å²) in [5.74, 6) is 1.57. The Morgan fingerprint density at radius 2 is 1.65 bits per heavy atom. The van der Waals surface area contributed by atoms with Crippen LogP contribution in [0.25, 0.3) is 0 Å². The first kappa shape index (κ1) is 20.2. The van der Waals surface area contributed by atoms with E-state index in [1.165, 1.54) is 12.1 Å². The van der Waals surface area contributed by atoms with E-state index in [2.05, 4.69) is 14.8 Å². The van der Waals surface area contributed by atoms with E-state index in [0.29, 0.717) is 26.2 Å². The Morgan fingerprint density at radius 3 is 2.29 bits per heavy atom. The lowest BCUT2D eigenvalue weighted by atomic mass is 9.94. The van der Waals surface area contributed by atoms with Crippen LogP contribution in [0.5, 0.6) is 0 Å². The minimum absolute atomic E-state index is 0.165. The van der Waals surface area contributed by atoms with Gasteiger partial charge in [-0.05, 0) is 37.5 Å². The molecule has 31 heavy (non-hydrogen) atoms. The topological polar surface area (TPSA) is 61.8 Å². The first-order chi connectivity index (χ1) is 15.0. The molecule has 2 aliphatic heterocycles. The molecular formula is C23H28FN5O2. The van der Waals surface area contributed by atoms with Gasteiger partial charge in [-0.2, -0.15) is 4.98 Å². The Kier molecular flexibility index (Phi) is 5.25. The van der Waals surface area contributed by atoms with Crippen molar-refractivity contribution in [3.63, 3.8) is 0 Å². The van der Waals surface area contributed by atoms with Crippen LogP contribution in [0.3, 0.4) is 0 Å². The number of morpholine rings is 1. The molecular weight excluding hydrogens is 397 g/mol. The Bertz CT molecular complexity index is 949. The van der Waals surface area contributed by atoms with Gasteiger partial charge in [0, 0.05) is 51.0 Å². The number of aryl methyl sites for hydroxylation is 1. The molecule has 1 aromatic carbocycles. The minimum atomic E-state index is -0.459. The normalized spacial score (nSPS) is 20.6. The molecule has 3 heterocycles. The van der Waals surface area contributed by atoms with Crippen molar-refractivity contribution in [3.8, 4) is 0 Å². The lowest BCUT2D eigenvalue weighted by Crippen LogP contribution is -2.52.